The second-order valence-corrected chi connectivity index (χ2v) is 10.7. The van der Waals surface area contributed by atoms with Crippen molar-refractivity contribution >= 4 is 75.6 Å². The van der Waals surface area contributed by atoms with Crippen LogP contribution in [0.1, 0.15) is 71.1 Å². The minimum absolute atomic E-state index is 0.319. The van der Waals surface area contributed by atoms with Crippen LogP contribution in [-0.2, 0) is 9.53 Å². The van der Waals surface area contributed by atoms with E-state index >= 15 is 0 Å². The van der Waals surface area contributed by atoms with E-state index in [9.17, 15) is 4.79 Å². The standard InChI is InChI=1S/C15H30O4.C6H6Cl6/c1-2-3-4-5-6-7-8-9-10-11-15(18)19-14(12-16)13-17;7-1-2(8)4(10)6(12)5(11)3(1)9/h14,16-17H,2-13H2,1H3;1-6H. The van der Waals surface area contributed by atoms with Gasteiger partial charge in [0, 0.05) is 6.42 Å². The Kier molecular flexibility index (Phi) is 20.1. The zero-order chi connectivity index (χ0) is 23.8. The highest BCUT2D eigenvalue weighted by atomic mass is 35.5. The monoisotopic (exact) mass is 562 g/mol. The number of alkyl halides is 6. The molecule has 0 spiro atoms. The predicted molar refractivity (Wildman–Crippen MR) is 134 cm³/mol. The average Bonchev–Trinajstić information content (AvgIpc) is 2.78. The lowest BCUT2D eigenvalue weighted by molar-refractivity contribution is -0.153. The van der Waals surface area contributed by atoms with Gasteiger partial charge in [-0.25, -0.2) is 0 Å². The summed E-state index contributed by atoms with van der Waals surface area (Å²) in [5.74, 6) is -0.323. The number of carbonyl (C=O) groups is 1. The van der Waals surface area contributed by atoms with E-state index in [2.05, 4.69) is 6.92 Å². The van der Waals surface area contributed by atoms with Gasteiger partial charge in [-0.05, 0) is 6.42 Å². The summed E-state index contributed by atoms with van der Waals surface area (Å²) >= 11 is 35.3. The number of hydrogen-bond acceptors (Lipinski definition) is 4. The first kappa shape index (κ1) is 32.1. The van der Waals surface area contributed by atoms with E-state index in [1.54, 1.807) is 0 Å². The molecule has 0 unspecified atom stereocenters. The van der Waals surface area contributed by atoms with Gasteiger partial charge in [0.2, 0.25) is 0 Å². The van der Waals surface area contributed by atoms with Crippen molar-refractivity contribution < 1.29 is 19.7 Å². The number of unbranched alkanes of at least 4 members (excludes halogenated alkanes) is 8. The molecule has 1 saturated carbocycles. The highest BCUT2D eigenvalue weighted by molar-refractivity contribution is 6.45. The zero-order valence-electron chi connectivity index (χ0n) is 18.0. The molecule has 0 bridgehead atoms. The fraction of sp³-hybridized carbons (Fsp3) is 0.952. The predicted octanol–water partition coefficient (Wildman–Crippen LogP) is 6.45. The van der Waals surface area contributed by atoms with Gasteiger partial charge in [-0.3, -0.25) is 4.79 Å². The van der Waals surface area contributed by atoms with E-state index < -0.39 is 38.4 Å². The summed E-state index contributed by atoms with van der Waals surface area (Å²) in [5.41, 5.74) is 0. The molecular formula is C21H36Cl6O4. The number of halogens is 6. The van der Waals surface area contributed by atoms with Crippen LogP contribution in [0.2, 0.25) is 0 Å². The molecule has 1 aliphatic carbocycles. The third kappa shape index (κ3) is 13.6. The van der Waals surface area contributed by atoms with Crippen molar-refractivity contribution in [3.8, 4) is 0 Å². The Morgan fingerprint density at radius 1 is 0.677 bits per heavy atom. The van der Waals surface area contributed by atoms with Crippen LogP contribution in [0.4, 0.5) is 0 Å². The number of aliphatic hydroxyl groups is 2. The summed E-state index contributed by atoms with van der Waals surface area (Å²) < 4.78 is 4.88. The Morgan fingerprint density at radius 2 is 1.00 bits per heavy atom. The maximum Gasteiger partial charge on any atom is 0.306 e. The van der Waals surface area contributed by atoms with Crippen molar-refractivity contribution in [2.75, 3.05) is 13.2 Å². The van der Waals surface area contributed by atoms with Gasteiger partial charge >= 0.3 is 5.97 Å². The Bertz CT molecular complexity index is 397. The summed E-state index contributed by atoms with van der Waals surface area (Å²) in [6.07, 6.45) is 10.5. The van der Waals surface area contributed by atoms with Crippen molar-refractivity contribution in [3.05, 3.63) is 0 Å². The Hall–Kier alpha value is 1.13. The molecule has 0 heterocycles. The zero-order valence-corrected chi connectivity index (χ0v) is 22.5. The van der Waals surface area contributed by atoms with Gasteiger partial charge in [0.25, 0.3) is 0 Å². The molecule has 0 aromatic carbocycles. The van der Waals surface area contributed by atoms with Crippen molar-refractivity contribution in [1.82, 2.24) is 0 Å². The number of ether oxygens (including phenoxy) is 1. The highest BCUT2D eigenvalue weighted by Crippen LogP contribution is 2.39. The number of rotatable bonds is 13. The molecule has 0 saturated heterocycles. The second-order valence-electron chi connectivity index (χ2n) is 7.72. The second kappa shape index (κ2) is 19.4. The third-order valence-electron chi connectivity index (χ3n) is 5.02. The molecule has 1 rings (SSSR count). The van der Waals surface area contributed by atoms with Crippen LogP contribution in [-0.4, -0.2) is 67.8 Å². The SMILES string of the molecule is CCCCCCCCCCCC(=O)OC(CO)CO.ClC1C(Cl)C(Cl)C(Cl)C(Cl)C1Cl. The summed E-state index contributed by atoms with van der Waals surface area (Å²) in [6, 6.07) is 0. The van der Waals surface area contributed by atoms with Gasteiger partial charge in [-0.1, -0.05) is 58.3 Å². The maximum atomic E-state index is 11.3. The molecule has 0 radical (unpaired) electrons. The van der Waals surface area contributed by atoms with Crippen LogP contribution in [0.15, 0.2) is 0 Å². The summed E-state index contributed by atoms with van der Waals surface area (Å²) in [5, 5.41) is 14.9. The molecule has 0 atom stereocenters. The van der Waals surface area contributed by atoms with E-state index in [4.69, 9.17) is 84.6 Å². The third-order valence-corrected chi connectivity index (χ3v) is 9.05. The van der Waals surface area contributed by atoms with Crippen LogP contribution in [0.5, 0.6) is 0 Å². The highest BCUT2D eigenvalue weighted by Gasteiger charge is 2.46. The lowest BCUT2D eigenvalue weighted by Crippen LogP contribution is -2.52. The largest absolute Gasteiger partial charge is 0.457 e. The molecule has 10 heteroatoms. The van der Waals surface area contributed by atoms with Gasteiger partial charge in [0.15, 0.2) is 0 Å². The lowest BCUT2D eigenvalue weighted by atomic mass is 9.97. The summed E-state index contributed by atoms with van der Waals surface area (Å²) in [6.45, 7) is 1.58. The molecule has 186 valence electrons. The molecule has 31 heavy (non-hydrogen) atoms. The van der Waals surface area contributed by atoms with Crippen LogP contribution in [0.3, 0.4) is 0 Å². The maximum absolute atomic E-state index is 11.3. The topological polar surface area (TPSA) is 66.8 Å². The van der Waals surface area contributed by atoms with Crippen LogP contribution < -0.4 is 0 Å². The number of hydrogen-bond donors (Lipinski definition) is 2. The van der Waals surface area contributed by atoms with E-state index in [-0.39, 0.29) is 19.2 Å². The number of aliphatic hydroxyl groups excluding tert-OH is 2. The van der Waals surface area contributed by atoms with Crippen molar-refractivity contribution in [2.45, 2.75) is 109 Å². The van der Waals surface area contributed by atoms with Gasteiger partial charge < -0.3 is 14.9 Å². The first-order chi connectivity index (χ1) is 14.7. The lowest BCUT2D eigenvalue weighted by Gasteiger charge is -2.37. The number of esters is 1. The first-order valence-corrected chi connectivity index (χ1v) is 13.6. The minimum Gasteiger partial charge on any atom is -0.457 e. The first-order valence-electron chi connectivity index (χ1n) is 11.0. The van der Waals surface area contributed by atoms with E-state index in [0.717, 1.165) is 12.8 Å². The molecular weight excluding hydrogens is 529 g/mol. The van der Waals surface area contributed by atoms with E-state index in [0.29, 0.717) is 6.42 Å². The van der Waals surface area contributed by atoms with Crippen LogP contribution >= 0.6 is 69.6 Å². The van der Waals surface area contributed by atoms with Crippen molar-refractivity contribution in [3.63, 3.8) is 0 Å². The fourth-order valence-electron chi connectivity index (χ4n) is 3.01. The molecule has 0 aromatic heterocycles. The molecule has 4 nitrogen and oxygen atoms in total. The Morgan fingerprint density at radius 3 is 1.32 bits per heavy atom. The van der Waals surface area contributed by atoms with Gasteiger partial charge in [-0.2, -0.15) is 0 Å². The Balaban J connectivity index is 0.000000639. The smallest absolute Gasteiger partial charge is 0.306 e. The van der Waals surface area contributed by atoms with Gasteiger partial charge in [0.05, 0.1) is 45.5 Å². The summed E-state index contributed by atoms with van der Waals surface area (Å²) in [4.78, 5) is 11.3. The summed E-state index contributed by atoms with van der Waals surface area (Å²) in [7, 11) is 0. The van der Waals surface area contributed by atoms with Gasteiger partial charge in [0.1, 0.15) is 6.10 Å². The Labute approximate surface area is 217 Å². The molecule has 0 aromatic rings. The van der Waals surface area contributed by atoms with Crippen LogP contribution in [0, 0.1) is 0 Å². The molecule has 1 aliphatic rings. The van der Waals surface area contributed by atoms with E-state index in [1.165, 1.54) is 44.9 Å². The minimum atomic E-state index is -0.758. The molecule has 2 N–H and O–H groups in total. The van der Waals surface area contributed by atoms with Crippen molar-refractivity contribution in [1.29, 1.82) is 0 Å². The molecule has 1 fully saturated rings. The van der Waals surface area contributed by atoms with E-state index in [1.807, 2.05) is 0 Å². The van der Waals surface area contributed by atoms with Crippen molar-refractivity contribution in [2.24, 2.45) is 0 Å². The number of carbonyl (C=O) groups excluding carboxylic acids is 1. The average molecular weight is 565 g/mol. The quantitative estimate of drug-likeness (QED) is 0.153. The normalized spacial score (nSPS) is 28.2. The fourth-order valence-corrected chi connectivity index (χ4v) is 5.34. The molecule has 0 aliphatic heterocycles. The van der Waals surface area contributed by atoms with Crippen LogP contribution in [0.25, 0.3) is 0 Å². The molecule has 0 amide bonds. The van der Waals surface area contributed by atoms with Gasteiger partial charge in [-0.15, -0.1) is 69.6 Å².